The summed E-state index contributed by atoms with van der Waals surface area (Å²) in [5.41, 5.74) is 4.22. The van der Waals surface area contributed by atoms with Crippen molar-refractivity contribution in [3.05, 3.63) is 58.8 Å². The van der Waals surface area contributed by atoms with E-state index in [0.29, 0.717) is 12.2 Å². The fourth-order valence-electron chi connectivity index (χ4n) is 7.73. The quantitative estimate of drug-likeness (QED) is 0.497. The molecule has 0 saturated carbocycles. The maximum atomic E-state index is 12.8. The zero-order chi connectivity index (χ0) is 22.4. The molecule has 0 radical (unpaired) electrons. The Morgan fingerprint density at radius 2 is 2.03 bits per heavy atom. The highest BCUT2D eigenvalue weighted by Crippen LogP contribution is 2.68. The summed E-state index contributed by atoms with van der Waals surface area (Å²) >= 11 is 0. The lowest BCUT2D eigenvalue weighted by Crippen LogP contribution is -2.74. The number of aromatic amines is 1. The van der Waals surface area contributed by atoms with Crippen LogP contribution in [-0.2, 0) is 18.3 Å². The van der Waals surface area contributed by atoms with Crippen LogP contribution in [0.5, 0.6) is 11.5 Å². The van der Waals surface area contributed by atoms with Crippen molar-refractivity contribution in [2.45, 2.75) is 75.0 Å². The number of para-hydroxylation sites is 1. The number of fused-ring (bicyclic) bond motifs is 4. The summed E-state index contributed by atoms with van der Waals surface area (Å²) in [5.74, 6) is 0.787. The van der Waals surface area contributed by atoms with Gasteiger partial charge in [-0.05, 0) is 55.6 Å². The summed E-state index contributed by atoms with van der Waals surface area (Å²) in [6.45, 7) is 4.25. The lowest BCUT2D eigenvalue weighted by molar-refractivity contribution is -0.172. The molecule has 4 atom stereocenters. The van der Waals surface area contributed by atoms with Gasteiger partial charge < -0.3 is 19.9 Å². The highest BCUT2D eigenvalue weighted by molar-refractivity contribution is 5.86. The summed E-state index contributed by atoms with van der Waals surface area (Å²) in [7, 11) is 0. The van der Waals surface area contributed by atoms with Crippen LogP contribution < -0.4 is 4.74 Å². The number of aromatic nitrogens is 1. The van der Waals surface area contributed by atoms with Gasteiger partial charge in [0.15, 0.2) is 17.6 Å². The van der Waals surface area contributed by atoms with Gasteiger partial charge in [-0.3, -0.25) is 4.90 Å². The first-order chi connectivity index (χ1) is 16.1. The molecular weight excluding hydrogens is 412 g/mol. The van der Waals surface area contributed by atoms with Crippen molar-refractivity contribution < 1.29 is 14.9 Å². The van der Waals surface area contributed by atoms with Crippen LogP contribution in [0.1, 0.15) is 67.5 Å². The molecule has 5 heteroatoms. The number of aliphatic hydroxyl groups is 1. The molecule has 2 aliphatic heterocycles. The van der Waals surface area contributed by atoms with E-state index in [9.17, 15) is 10.2 Å². The number of ether oxygens (including phenoxy) is 1. The molecule has 1 saturated heterocycles. The maximum Gasteiger partial charge on any atom is 0.166 e. The Hall–Kier alpha value is -2.50. The highest BCUT2D eigenvalue weighted by atomic mass is 16.5. The predicted molar refractivity (Wildman–Crippen MR) is 128 cm³/mol. The van der Waals surface area contributed by atoms with Crippen LogP contribution in [0.25, 0.3) is 10.9 Å². The van der Waals surface area contributed by atoms with E-state index < -0.39 is 11.0 Å². The van der Waals surface area contributed by atoms with Crippen molar-refractivity contribution in [1.82, 2.24) is 9.88 Å². The second-order valence-electron chi connectivity index (χ2n) is 10.6. The van der Waals surface area contributed by atoms with E-state index in [1.807, 2.05) is 0 Å². The van der Waals surface area contributed by atoms with Crippen molar-refractivity contribution >= 4 is 10.9 Å². The van der Waals surface area contributed by atoms with Crippen LogP contribution in [0.3, 0.4) is 0 Å². The number of phenolic OH excluding ortho intramolecular Hbond substituents is 1. The van der Waals surface area contributed by atoms with Crippen LogP contribution in [0.4, 0.5) is 0 Å². The molecule has 0 unspecified atom stereocenters. The van der Waals surface area contributed by atoms with Gasteiger partial charge in [0.25, 0.3) is 0 Å². The topological polar surface area (TPSA) is 68.7 Å². The number of aromatic hydroxyl groups is 1. The van der Waals surface area contributed by atoms with Gasteiger partial charge in [-0.2, -0.15) is 0 Å². The molecule has 4 aliphatic rings. The van der Waals surface area contributed by atoms with Crippen LogP contribution >= 0.6 is 0 Å². The average molecular weight is 445 g/mol. The normalized spacial score (nSPS) is 31.3. The van der Waals surface area contributed by atoms with Crippen molar-refractivity contribution in [2.75, 3.05) is 13.1 Å². The van der Waals surface area contributed by atoms with Gasteiger partial charge in [0.2, 0.25) is 0 Å². The van der Waals surface area contributed by atoms with E-state index >= 15 is 0 Å². The summed E-state index contributed by atoms with van der Waals surface area (Å²) in [4.78, 5) is 6.21. The van der Waals surface area contributed by atoms with Crippen LogP contribution in [0.15, 0.2) is 36.4 Å². The van der Waals surface area contributed by atoms with Gasteiger partial charge in [0, 0.05) is 28.9 Å². The fourth-order valence-corrected chi connectivity index (χ4v) is 7.73. The number of nitrogens with zero attached hydrogens (tertiary/aromatic N) is 1. The lowest BCUT2D eigenvalue weighted by Gasteiger charge is -2.62. The molecule has 7 rings (SSSR count). The lowest BCUT2D eigenvalue weighted by atomic mass is 9.49. The Morgan fingerprint density at radius 3 is 2.91 bits per heavy atom. The summed E-state index contributed by atoms with van der Waals surface area (Å²) in [5, 5.41) is 24.7. The summed E-state index contributed by atoms with van der Waals surface area (Å²) in [6.07, 6.45) is 6.90. The highest BCUT2D eigenvalue weighted by Gasteiger charge is 2.72. The Labute approximate surface area is 194 Å². The number of piperidine rings is 1. The van der Waals surface area contributed by atoms with Gasteiger partial charge in [0.05, 0.1) is 16.7 Å². The predicted octanol–water partition coefficient (Wildman–Crippen LogP) is 4.74. The second-order valence-corrected chi connectivity index (χ2v) is 10.6. The minimum atomic E-state index is -0.926. The molecule has 33 heavy (non-hydrogen) atoms. The average Bonchev–Trinajstić information content (AvgIpc) is 3.35. The number of phenols is 1. The zero-order valence-corrected chi connectivity index (χ0v) is 19.2. The number of H-pyrrole nitrogens is 1. The van der Waals surface area contributed by atoms with Crippen LogP contribution in [0, 0.1) is 0 Å². The van der Waals surface area contributed by atoms with E-state index in [1.165, 1.54) is 42.2 Å². The Balaban J connectivity index is 1.42. The third-order valence-corrected chi connectivity index (χ3v) is 9.18. The fraction of sp³-hybridized carbons (Fsp3) is 0.500. The molecule has 1 fully saturated rings. The van der Waals surface area contributed by atoms with Crippen molar-refractivity contribution in [3.8, 4) is 11.5 Å². The van der Waals surface area contributed by atoms with E-state index in [1.54, 1.807) is 6.07 Å². The van der Waals surface area contributed by atoms with Crippen molar-refractivity contribution in [1.29, 1.82) is 0 Å². The van der Waals surface area contributed by atoms with Gasteiger partial charge in [-0.15, -0.1) is 0 Å². The second kappa shape index (κ2) is 6.77. The number of hydrogen-bond donors (Lipinski definition) is 3. The zero-order valence-electron chi connectivity index (χ0n) is 19.2. The summed E-state index contributed by atoms with van der Waals surface area (Å²) in [6, 6.07) is 12.3. The molecule has 172 valence electrons. The number of rotatable bonds is 5. The third kappa shape index (κ3) is 2.35. The molecule has 0 amide bonds. The molecule has 1 aromatic heterocycles. The number of hydrogen-bond acceptors (Lipinski definition) is 4. The van der Waals surface area contributed by atoms with Gasteiger partial charge >= 0.3 is 0 Å². The number of benzene rings is 2. The summed E-state index contributed by atoms with van der Waals surface area (Å²) < 4.78 is 6.62. The molecule has 2 aliphatic carbocycles. The largest absolute Gasteiger partial charge is 0.504 e. The molecule has 3 N–H and O–H groups in total. The number of likely N-dealkylation sites (tertiary alicyclic amines) is 1. The molecular formula is C28H32N2O3. The molecule has 2 aromatic carbocycles. The van der Waals surface area contributed by atoms with Gasteiger partial charge in [-0.25, -0.2) is 0 Å². The Bertz CT molecular complexity index is 1270. The van der Waals surface area contributed by atoms with Gasteiger partial charge in [0.1, 0.15) is 0 Å². The van der Waals surface area contributed by atoms with E-state index in [2.05, 4.69) is 47.1 Å². The molecule has 2 bridgehead atoms. The van der Waals surface area contributed by atoms with E-state index in [0.717, 1.165) is 42.7 Å². The van der Waals surface area contributed by atoms with E-state index in [4.69, 9.17) is 4.74 Å². The van der Waals surface area contributed by atoms with Gasteiger partial charge in [-0.1, -0.05) is 50.5 Å². The monoisotopic (exact) mass is 444 g/mol. The van der Waals surface area contributed by atoms with E-state index in [-0.39, 0.29) is 17.9 Å². The Kier molecular flexibility index (Phi) is 4.09. The van der Waals surface area contributed by atoms with Crippen molar-refractivity contribution in [2.24, 2.45) is 0 Å². The molecule has 5 nitrogen and oxygen atoms in total. The smallest absolute Gasteiger partial charge is 0.166 e. The minimum absolute atomic E-state index is 0.0591. The minimum Gasteiger partial charge on any atom is -0.504 e. The third-order valence-electron chi connectivity index (χ3n) is 9.18. The first kappa shape index (κ1) is 19.9. The first-order valence-corrected chi connectivity index (χ1v) is 12.7. The number of nitrogens with one attached hydrogen (secondary N) is 1. The first-order valence-electron chi connectivity index (χ1n) is 12.7. The molecule has 3 heterocycles. The number of unbranched alkanes of at least 4 members (excludes halogenated alkanes) is 3. The van der Waals surface area contributed by atoms with Crippen LogP contribution in [0.2, 0.25) is 0 Å². The Morgan fingerprint density at radius 1 is 1.15 bits per heavy atom. The van der Waals surface area contributed by atoms with Crippen LogP contribution in [-0.4, -0.2) is 44.8 Å². The maximum absolute atomic E-state index is 12.8. The molecule has 3 aromatic rings. The SMILES string of the molecule is CCCCCCN1CC[C@]23c4c5ccc(O)c4O[C@H]2c2[nH]c4ccccc4c2C[C@@]3(O)[C@@H]1C5. The van der Waals surface area contributed by atoms with Crippen molar-refractivity contribution in [3.63, 3.8) is 0 Å². The standard InChI is InChI=1S/C28H32N2O3/c1-2-3-4-7-13-30-14-12-27-23-17-10-11-21(31)25(23)33-26(27)24-19(16-28(27,32)22(30)15-17)18-8-5-6-9-20(18)29-24/h5-6,8-11,22,26,29,31-32H,2-4,7,12-16H2,1H3/t22-,26-,27-,28+/m0/s1. The molecule has 1 spiro atoms.